The van der Waals surface area contributed by atoms with Crippen LogP contribution >= 0.6 is 0 Å². The van der Waals surface area contributed by atoms with E-state index < -0.39 is 5.91 Å². The zero-order valence-corrected chi connectivity index (χ0v) is 11.4. The van der Waals surface area contributed by atoms with Gasteiger partial charge in [-0.3, -0.25) is 4.79 Å². The molecule has 0 fully saturated rings. The molecule has 2 aromatic rings. The maximum atomic E-state index is 11.5. The lowest BCUT2D eigenvalue weighted by Gasteiger charge is -2.10. The van der Waals surface area contributed by atoms with Gasteiger partial charge in [-0.15, -0.1) is 0 Å². The molecule has 0 atom stereocenters. The van der Waals surface area contributed by atoms with Crippen LogP contribution in [0.4, 0.5) is 0 Å². The minimum absolute atomic E-state index is 0.400. The number of carbonyl (C=O) groups is 1. The first-order valence-corrected chi connectivity index (χ1v) is 6.44. The molecular weight excluding hydrogens is 250 g/mol. The molecule has 3 heteroatoms. The van der Waals surface area contributed by atoms with E-state index in [-0.39, 0.29) is 0 Å². The quantitative estimate of drug-likeness (QED) is 0.902. The lowest BCUT2D eigenvalue weighted by Crippen LogP contribution is -2.13. The van der Waals surface area contributed by atoms with Gasteiger partial charge in [0.15, 0.2) is 0 Å². The number of allylic oxidation sites excluding steroid dienone is 1. The highest BCUT2D eigenvalue weighted by atomic mass is 16.5. The second-order valence-electron chi connectivity index (χ2n) is 4.39. The van der Waals surface area contributed by atoms with Crippen LogP contribution in [0.15, 0.2) is 54.6 Å². The zero-order valence-electron chi connectivity index (χ0n) is 11.4. The normalized spacial score (nSPS) is 10.7. The van der Waals surface area contributed by atoms with Crippen LogP contribution in [0.3, 0.4) is 0 Å². The second-order valence-corrected chi connectivity index (χ2v) is 4.39. The molecule has 0 spiro atoms. The van der Waals surface area contributed by atoms with Gasteiger partial charge in [0.1, 0.15) is 12.4 Å². The summed E-state index contributed by atoms with van der Waals surface area (Å²) in [7, 11) is 0. The van der Waals surface area contributed by atoms with E-state index in [0.717, 1.165) is 11.1 Å². The molecule has 0 aromatic heterocycles. The molecule has 0 unspecified atom stereocenters. The molecule has 2 N–H and O–H groups in total. The van der Waals surface area contributed by atoms with Crippen molar-refractivity contribution in [3.63, 3.8) is 0 Å². The van der Waals surface area contributed by atoms with Crippen LogP contribution in [-0.4, -0.2) is 5.91 Å². The van der Waals surface area contributed by atoms with Crippen molar-refractivity contribution in [2.24, 2.45) is 5.73 Å². The molecule has 0 aliphatic carbocycles. The summed E-state index contributed by atoms with van der Waals surface area (Å²) in [5.41, 5.74) is 7.77. The minimum Gasteiger partial charge on any atom is -0.488 e. The van der Waals surface area contributed by atoms with Gasteiger partial charge in [-0.05, 0) is 30.2 Å². The molecule has 102 valence electrons. The van der Waals surface area contributed by atoms with E-state index in [2.05, 4.69) is 0 Å². The Hall–Kier alpha value is -2.55. The van der Waals surface area contributed by atoms with Gasteiger partial charge in [-0.1, -0.05) is 48.6 Å². The maximum absolute atomic E-state index is 11.5. The largest absolute Gasteiger partial charge is 0.488 e. The minimum atomic E-state index is -0.487. The molecule has 0 bridgehead atoms. The Bertz CT molecular complexity index is 618. The predicted molar refractivity (Wildman–Crippen MR) is 80.4 cm³/mol. The van der Waals surface area contributed by atoms with E-state index >= 15 is 0 Å². The topological polar surface area (TPSA) is 52.3 Å². The van der Waals surface area contributed by atoms with E-state index in [1.165, 1.54) is 0 Å². The van der Waals surface area contributed by atoms with Crippen LogP contribution in [-0.2, 0) is 6.61 Å². The van der Waals surface area contributed by atoms with Gasteiger partial charge in [-0.2, -0.15) is 0 Å². The molecular formula is C17H17NO2. The number of hydrogen-bond donors (Lipinski definition) is 1. The van der Waals surface area contributed by atoms with Crippen molar-refractivity contribution in [3.05, 3.63) is 71.3 Å². The summed E-state index contributed by atoms with van der Waals surface area (Å²) in [6.45, 7) is 2.33. The Morgan fingerprint density at radius 3 is 2.60 bits per heavy atom. The smallest absolute Gasteiger partial charge is 0.252 e. The van der Waals surface area contributed by atoms with E-state index in [9.17, 15) is 4.79 Å². The first kappa shape index (κ1) is 13.9. The van der Waals surface area contributed by atoms with Crippen molar-refractivity contribution in [2.45, 2.75) is 13.5 Å². The third-order valence-corrected chi connectivity index (χ3v) is 2.87. The van der Waals surface area contributed by atoms with Crippen LogP contribution in [0.1, 0.15) is 28.4 Å². The first-order chi connectivity index (χ1) is 9.70. The fourth-order valence-corrected chi connectivity index (χ4v) is 1.90. The SMILES string of the molecule is C/C=C/c1ccc(OCc2ccccc2)c(C(N)=O)c1. The Balaban J connectivity index is 2.20. The van der Waals surface area contributed by atoms with Gasteiger partial charge >= 0.3 is 0 Å². The number of primary amides is 1. The number of ether oxygens (including phenoxy) is 1. The lowest BCUT2D eigenvalue weighted by molar-refractivity contribution is 0.0996. The van der Waals surface area contributed by atoms with Crippen LogP contribution in [0.25, 0.3) is 6.08 Å². The molecule has 2 rings (SSSR count). The molecule has 0 saturated carbocycles. The summed E-state index contributed by atoms with van der Waals surface area (Å²) in [6, 6.07) is 15.2. The summed E-state index contributed by atoms with van der Waals surface area (Å²) in [5, 5.41) is 0. The third kappa shape index (κ3) is 3.48. The lowest BCUT2D eigenvalue weighted by atomic mass is 10.1. The molecule has 0 saturated heterocycles. The van der Waals surface area contributed by atoms with Gasteiger partial charge in [0.25, 0.3) is 5.91 Å². The number of nitrogens with two attached hydrogens (primary N) is 1. The summed E-state index contributed by atoms with van der Waals surface area (Å²) < 4.78 is 5.69. The van der Waals surface area contributed by atoms with Crippen molar-refractivity contribution < 1.29 is 9.53 Å². The van der Waals surface area contributed by atoms with Crippen LogP contribution < -0.4 is 10.5 Å². The molecule has 0 heterocycles. The Morgan fingerprint density at radius 2 is 1.95 bits per heavy atom. The summed E-state index contributed by atoms with van der Waals surface area (Å²) in [5.74, 6) is 0.0222. The van der Waals surface area contributed by atoms with Gasteiger partial charge < -0.3 is 10.5 Å². The van der Waals surface area contributed by atoms with E-state index in [1.54, 1.807) is 12.1 Å². The van der Waals surface area contributed by atoms with Gasteiger partial charge in [-0.25, -0.2) is 0 Å². The molecule has 0 aliphatic heterocycles. The molecule has 0 aliphatic rings. The average Bonchev–Trinajstić information content (AvgIpc) is 2.47. The van der Waals surface area contributed by atoms with E-state index in [4.69, 9.17) is 10.5 Å². The average molecular weight is 267 g/mol. The number of benzene rings is 2. The van der Waals surface area contributed by atoms with Crippen molar-refractivity contribution in [2.75, 3.05) is 0 Å². The fraction of sp³-hybridized carbons (Fsp3) is 0.118. The molecule has 0 radical (unpaired) electrons. The van der Waals surface area contributed by atoms with Crippen molar-refractivity contribution in [1.82, 2.24) is 0 Å². The number of amides is 1. The first-order valence-electron chi connectivity index (χ1n) is 6.44. The van der Waals surface area contributed by atoms with E-state index in [0.29, 0.717) is 17.9 Å². The standard InChI is InChI=1S/C17H17NO2/c1-2-6-13-9-10-16(15(11-13)17(18)19)20-12-14-7-4-3-5-8-14/h2-11H,12H2,1H3,(H2,18,19)/b6-2+. The van der Waals surface area contributed by atoms with Crippen LogP contribution in [0, 0.1) is 0 Å². The van der Waals surface area contributed by atoms with Gasteiger partial charge in [0.2, 0.25) is 0 Å². The second kappa shape index (κ2) is 6.57. The molecule has 1 amide bonds. The maximum Gasteiger partial charge on any atom is 0.252 e. The molecule has 20 heavy (non-hydrogen) atoms. The highest BCUT2D eigenvalue weighted by Crippen LogP contribution is 2.21. The third-order valence-electron chi connectivity index (χ3n) is 2.87. The Labute approximate surface area is 118 Å². The number of hydrogen-bond acceptors (Lipinski definition) is 2. The number of carbonyl (C=O) groups excluding carboxylic acids is 1. The van der Waals surface area contributed by atoms with Crippen molar-refractivity contribution in [3.8, 4) is 5.75 Å². The fourth-order valence-electron chi connectivity index (χ4n) is 1.90. The highest BCUT2D eigenvalue weighted by Gasteiger charge is 2.10. The summed E-state index contributed by atoms with van der Waals surface area (Å²) in [6.07, 6.45) is 3.82. The van der Waals surface area contributed by atoms with Gasteiger partial charge in [0.05, 0.1) is 5.56 Å². The molecule has 2 aromatic carbocycles. The van der Waals surface area contributed by atoms with Gasteiger partial charge in [0, 0.05) is 0 Å². The van der Waals surface area contributed by atoms with E-state index in [1.807, 2.05) is 55.5 Å². The Kier molecular flexibility index (Phi) is 4.56. The highest BCUT2D eigenvalue weighted by molar-refractivity contribution is 5.96. The van der Waals surface area contributed by atoms with Crippen molar-refractivity contribution in [1.29, 1.82) is 0 Å². The van der Waals surface area contributed by atoms with Crippen LogP contribution in [0.2, 0.25) is 0 Å². The number of rotatable bonds is 5. The van der Waals surface area contributed by atoms with Crippen LogP contribution in [0.5, 0.6) is 5.75 Å². The Morgan fingerprint density at radius 1 is 1.20 bits per heavy atom. The zero-order chi connectivity index (χ0) is 14.4. The van der Waals surface area contributed by atoms with Crippen molar-refractivity contribution >= 4 is 12.0 Å². The predicted octanol–water partition coefficient (Wildman–Crippen LogP) is 3.40. The monoisotopic (exact) mass is 267 g/mol. The molecule has 3 nitrogen and oxygen atoms in total. The summed E-state index contributed by atoms with van der Waals surface area (Å²) >= 11 is 0. The summed E-state index contributed by atoms with van der Waals surface area (Å²) in [4.78, 5) is 11.5.